The van der Waals surface area contributed by atoms with Crippen molar-refractivity contribution < 1.29 is 18.9 Å². The highest BCUT2D eigenvalue weighted by Gasteiger charge is 2.19. The highest BCUT2D eigenvalue weighted by Crippen LogP contribution is 2.32. The molecule has 0 spiro atoms. The van der Waals surface area contributed by atoms with Gasteiger partial charge in [0.2, 0.25) is 0 Å². The molecule has 1 saturated heterocycles. The van der Waals surface area contributed by atoms with Crippen LogP contribution in [0.4, 0.5) is 0 Å². The molecule has 2 aromatic carbocycles. The number of rotatable bonds is 44. The van der Waals surface area contributed by atoms with E-state index in [4.69, 9.17) is 18.9 Å². The predicted octanol–water partition coefficient (Wildman–Crippen LogP) is 17.1. The molecule has 368 valence electrons. The molecule has 0 unspecified atom stereocenters. The Balaban J connectivity index is 1.49. The summed E-state index contributed by atoms with van der Waals surface area (Å²) in [5, 5.41) is 0. The topological polar surface area (TPSA) is 43.4 Å². The number of unbranched alkanes of at least 4 members (excludes halogenated alkanes) is 28. The van der Waals surface area contributed by atoms with Gasteiger partial charge >= 0.3 is 0 Å². The third-order valence-corrected chi connectivity index (χ3v) is 13.3. The van der Waals surface area contributed by atoms with Crippen LogP contribution < -0.4 is 18.9 Å². The molecule has 6 heteroatoms. The zero-order chi connectivity index (χ0) is 45.4. The maximum Gasteiger partial charge on any atom is 0.161 e. The van der Waals surface area contributed by atoms with Crippen LogP contribution in [0.15, 0.2) is 36.4 Å². The molecular weight excluding hydrogens is 789 g/mol. The summed E-state index contributed by atoms with van der Waals surface area (Å²) in [6.07, 6.45) is 41.9. The third kappa shape index (κ3) is 27.9. The molecule has 1 aliphatic heterocycles. The van der Waals surface area contributed by atoms with Crippen LogP contribution in [0.3, 0.4) is 0 Å². The fraction of sp³-hybridized carbons (Fsp3) is 0.793. The first kappa shape index (κ1) is 55.9. The van der Waals surface area contributed by atoms with E-state index < -0.39 is 0 Å². The van der Waals surface area contributed by atoms with Crippen molar-refractivity contribution in [1.82, 2.24) is 9.80 Å². The fourth-order valence-electron chi connectivity index (χ4n) is 9.06. The molecule has 0 N–H and O–H groups in total. The minimum absolute atomic E-state index is 0.767. The van der Waals surface area contributed by atoms with Gasteiger partial charge in [-0.3, -0.25) is 9.80 Å². The SMILES string of the molecule is CCCCCCCCCCOc1ccc(CN2CCN(Cc3ccc(OCCCCCCCCCC)c(OCCCCCCCCCC)c3)CC2)cc1OCCCCCCCCCC. The summed E-state index contributed by atoms with van der Waals surface area (Å²) < 4.78 is 25.7. The normalized spacial score (nSPS) is 13.4. The second-order valence-corrected chi connectivity index (χ2v) is 19.4. The largest absolute Gasteiger partial charge is 0.490 e. The van der Waals surface area contributed by atoms with Gasteiger partial charge in [-0.05, 0) is 61.1 Å². The number of ether oxygens (including phenoxy) is 4. The average Bonchev–Trinajstić information content (AvgIpc) is 3.31. The Bertz CT molecular complexity index is 1240. The van der Waals surface area contributed by atoms with E-state index in [0.29, 0.717) is 0 Å². The van der Waals surface area contributed by atoms with Crippen LogP contribution in [0.25, 0.3) is 0 Å². The Morgan fingerprint density at radius 1 is 0.297 bits per heavy atom. The van der Waals surface area contributed by atoms with Crippen LogP contribution in [0.2, 0.25) is 0 Å². The van der Waals surface area contributed by atoms with Crippen molar-refractivity contribution in [2.45, 2.75) is 246 Å². The predicted molar refractivity (Wildman–Crippen MR) is 276 cm³/mol. The Morgan fingerprint density at radius 3 is 0.797 bits per heavy atom. The molecule has 0 atom stereocenters. The van der Waals surface area contributed by atoms with E-state index in [1.807, 2.05) is 0 Å². The van der Waals surface area contributed by atoms with E-state index in [1.54, 1.807) is 0 Å². The van der Waals surface area contributed by atoms with Gasteiger partial charge in [0.05, 0.1) is 26.4 Å². The van der Waals surface area contributed by atoms with Crippen molar-refractivity contribution in [3.63, 3.8) is 0 Å². The molecule has 0 aliphatic carbocycles. The molecule has 3 rings (SSSR count). The number of benzene rings is 2. The molecule has 1 aliphatic rings. The number of hydrogen-bond donors (Lipinski definition) is 0. The molecular formula is C58H102N2O4. The molecule has 64 heavy (non-hydrogen) atoms. The Morgan fingerprint density at radius 2 is 0.531 bits per heavy atom. The lowest BCUT2D eigenvalue weighted by atomic mass is 10.1. The quantitative estimate of drug-likeness (QED) is 0.0618. The van der Waals surface area contributed by atoms with Gasteiger partial charge < -0.3 is 18.9 Å². The molecule has 0 saturated carbocycles. The molecule has 1 heterocycles. The Hall–Kier alpha value is -2.44. The summed E-state index contributed by atoms with van der Waals surface area (Å²) in [5.41, 5.74) is 2.64. The molecule has 0 radical (unpaired) electrons. The first-order chi connectivity index (χ1) is 31.7. The molecule has 2 aromatic rings. The lowest BCUT2D eigenvalue weighted by Crippen LogP contribution is -2.45. The van der Waals surface area contributed by atoms with Crippen molar-refractivity contribution in [2.24, 2.45) is 0 Å². The van der Waals surface area contributed by atoms with Crippen LogP contribution in [-0.4, -0.2) is 62.4 Å². The molecule has 6 nitrogen and oxygen atoms in total. The molecule has 0 bridgehead atoms. The van der Waals surface area contributed by atoms with E-state index in [2.05, 4.69) is 73.9 Å². The van der Waals surface area contributed by atoms with Gasteiger partial charge in [-0.1, -0.05) is 220 Å². The van der Waals surface area contributed by atoms with Gasteiger partial charge in [0.25, 0.3) is 0 Å². The van der Waals surface area contributed by atoms with Crippen molar-refractivity contribution >= 4 is 0 Å². The van der Waals surface area contributed by atoms with Crippen molar-refractivity contribution in [1.29, 1.82) is 0 Å². The lowest BCUT2D eigenvalue weighted by Gasteiger charge is -2.35. The van der Waals surface area contributed by atoms with Gasteiger partial charge in [-0.2, -0.15) is 0 Å². The second-order valence-electron chi connectivity index (χ2n) is 19.4. The number of nitrogens with zero attached hydrogens (tertiary/aromatic N) is 2. The maximum absolute atomic E-state index is 6.49. The lowest BCUT2D eigenvalue weighted by molar-refractivity contribution is 0.121. The highest BCUT2D eigenvalue weighted by atomic mass is 16.5. The Labute approximate surface area is 396 Å². The third-order valence-electron chi connectivity index (χ3n) is 13.3. The van der Waals surface area contributed by atoms with Crippen LogP contribution in [0.1, 0.15) is 244 Å². The van der Waals surface area contributed by atoms with Crippen molar-refractivity contribution in [2.75, 3.05) is 52.6 Å². The van der Waals surface area contributed by atoms with Gasteiger partial charge in [0, 0.05) is 39.3 Å². The van der Waals surface area contributed by atoms with Gasteiger partial charge in [0.1, 0.15) is 0 Å². The van der Waals surface area contributed by atoms with Gasteiger partial charge in [-0.15, -0.1) is 0 Å². The van der Waals surface area contributed by atoms with Crippen molar-refractivity contribution in [3.8, 4) is 23.0 Å². The van der Waals surface area contributed by atoms with Crippen LogP contribution >= 0.6 is 0 Å². The zero-order valence-corrected chi connectivity index (χ0v) is 42.7. The van der Waals surface area contributed by atoms with Crippen LogP contribution in [0, 0.1) is 0 Å². The van der Waals surface area contributed by atoms with Crippen molar-refractivity contribution in [3.05, 3.63) is 47.5 Å². The summed E-state index contributed by atoms with van der Waals surface area (Å²) >= 11 is 0. The average molecular weight is 891 g/mol. The molecule has 0 aromatic heterocycles. The van der Waals surface area contributed by atoms with E-state index in [0.717, 1.165) is 114 Å². The first-order valence-electron chi connectivity index (χ1n) is 27.9. The summed E-state index contributed by atoms with van der Waals surface area (Å²) in [6, 6.07) is 13.4. The van der Waals surface area contributed by atoms with Crippen LogP contribution in [-0.2, 0) is 13.1 Å². The standard InChI is InChI=1S/C58H102N2O4/c1-5-9-13-17-21-25-29-33-45-61-55-39-37-53(49-57(55)63-47-35-31-27-23-19-15-11-7-3)51-59-41-43-60(44-42-59)52-54-38-40-56(62-46-34-30-26-22-18-14-10-6-2)58(50-54)64-48-36-32-28-24-20-16-12-8-4/h37-40,49-50H,5-36,41-48,51-52H2,1-4H3. The summed E-state index contributed by atoms with van der Waals surface area (Å²) in [4.78, 5) is 5.21. The first-order valence-corrected chi connectivity index (χ1v) is 27.9. The number of piperazine rings is 1. The van der Waals surface area contributed by atoms with E-state index in [1.165, 1.54) is 191 Å². The number of hydrogen-bond acceptors (Lipinski definition) is 6. The molecule has 1 fully saturated rings. The highest BCUT2D eigenvalue weighted by molar-refractivity contribution is 5.44. The molecule has 0 amide bonds. The fourth-order valence-corrected chi connectivity index (χ4v) is 9.06. The Kier molecular flexibility index (Phi) is 34.7. The monoisotopic (exact) mass is 891 g/mol. The summed E-state index contributed by atoms with van der Waals surface area (Å²) in [5.74, 6) is 3.71. The minimum atomic E-state index is 0.767. The van der Waals surface area contributed by atoms with Crippen LogP contribution in [0.5, 0.6) is 23.0 Å². The smallest absolute Gasteiger partial charge is 0.161 e. The van der Waals surface area contributed by atoms with E-state index in [9.17, 15) is 0 Å². The second kappa shape index (κ2) is 39.7. The van der Waals surface area contributed by atoms with Gasteiger partial charge in [0.15, 0.2) is 23.0 Å². The summed E-state index contributed by atoms with van der Waals surface area (Å²) in [6.45, 7) is 18.4. The van der Waals surface area contributed by atoms with Gasteiger partial charge in [-0.25, -0.2) is 0 Å². The maximum atomic E-state index is 6.49. The minimum Gasteiger partial charge on any atom is -0.490 e. The summed E-state index contributed by atoms with van der Waals surface area (Å²) in [7, 11) is 0. The van der Waals surface area contributed by atoms with E-state index in [-0.39, 0.29) is 0 Å². The zero-order valence-electron chi connectivity index (χ0n) is 42.7. The van der Waals surface area contributed by atoms with E-state index >= 15 is 0 Å².